The molecule has 0 bridgehead atoms. The van der Waals surface area contributed by atoms with Crippen molar-refractivity contribution in [3.63, 3.8) is 0 Å². The number of carbonyl (C=O) groups excluding carboxylic acids is 1. The number of anilines is 1. The summed E-state index contributed by atoms with van der Waals surface area (Å²) in [6, 6.07) is 5.42. The number of amides is 1. The molecule has 1 atom stereocenters. The number of carbonyl (C=O) groups is 1. The first-order chi connectivity index (χ1) is 8.63. The summed E-state index contributed by atoms with van der Waals surface area (Å²) in [6.07, 6.45) is 0. The number of rotatable bonds is 3. The Morgan fingerprint density at radius 3 is 3.00 bits per heavy atom. The van der Waals surface area contributed by atoms with Crippen molar-refractivity contribution in [3.8, 4) is 0 Å². The Bertz CT molecular complexity index is 453. The molecule has 1 unspecified atom stereocenters. The second-order valence-corrected chi connectivity index (χ2v) is 5.08. The summed E-state index contributed by atoms with van der Waals surface area (Å²) in [5.74, 6) is -0.374. The number of hydrogen-bond donors (Lipinski definition) is 2. The van der Waals surface area contributed by atoms with Crippen molar-refractivity contribution in [3.05, 3.63) is 28.2 Å². The maximum absolute atomic E-state index is 11.5. The smallest absolute Gasteiger partial charge is 0.242 e. The van der Waals surface area contributed by atoms with Gasteiger partial charge in [-0.25, -0.2) is 0 Å². The molecule has 1 aromatic rings. The lowest BCUT2D eigenvalue weighted by atomic mass is 10.1. The zero-order valence-electron chi connectivity index (χ0n) is 9.93. The van der Waals surface area contributed by atoms with E-state index in [-0.39, 0.29) is 5.91 Å². The molecule has 1 heterocycles. The molecule has 1 amide bonds. The molecule has 98 valence electrons. The van der Waals surface area contributed by atoms with E-state index in [1.54, 1.807) is 0 Å². The molecule has 0 saturated carbocycles. The van der Waals surface area contributed by atoms with E-state index in [4.69, 9.17) is 16.2 Å². The highest BCUT2D eigenvalue weighted by atomic mass is 79.9. The highest BCUT2D eigenvalue weighted by Gasteiger charge is 2.28. The molecule has 0 radical (unpaired) electrons. The van der Waals surface area contributed by atoms with Crippen LogP contribution in [-0.4, -0.2) is 31.7 Å². The van der Waals surface area contributed by atoms with Crippen LogP contribution in [0.2, 0.25) is 0 Å². The molecule has 0 aromatic heterocycles. The quantitative estimate of drug-likeness (QED) is 0.856. The third-order valence-electron chi connectivity index (χ3n) is 3.03. The van der Waals surface area contributed by atoms with Crippen molar-refractivity contribution < 1.29 is 9.53 Å². The highest BCUT2D eigenvalue weighted by molar-refractivity contribution is 9.10. The van der Waals surface area contributed by atoms with Gasteiger partial charge in [-0.2, -0.15) is 0 Å². The number of ether oxygens (including phenoxy) is 1. The number of nitrogens with zero attached hydrogens (tertiary/aromatic N) is 1. The van der Waals surface area contributed by atoms with E-state index in [0.29, 0.717) is 26.3 Å². The van der Waals surface area contributed by atoms with E-state index in [9.17, 15) is 4.79 Å². The van der Waals surface area contributed by atoms with E-state index >= 15 is 0 Å². The monoisotopic (exact) mass is 313 g/mol. The van der Waals surface area contributed by atoms with Gasteiger partial charge in [-0.15, -0.1) is 0 Å². The Kier molecular flexibility index (Phi) is 4.21. The van der Waals surface area contributed by atoms with Crippen molar-refractivity contribution in [2.45, 2.75) is 12.6 Å². The minimum Gasteiger partial charge on any atom is -0.377 e. The van der Waals surface area contributed by atoms with Crippen LogP contribution in [0, 0.1) is 0 Å². The Labute approximate surface area is 114 Å². The summed E-state index contributed by atoms with van der Waals surface area (Å²) in [5, 5.41) is 0. The van der Waals surface area contributed by atoms with Crippen molar-refractivity contribution in [2.24, 2.45) is 11.5 Å². The van der Waals surface area contributed by atoms with Crippen LogP contribution in [0.5, 0.6) is 0 Å². The number of hydrogen-bond acceptors (Lipinski definition) is 4. The Morgan fingerprint density at radius 1 is 1.56 bits per heavy atom. The van der Waals surface area contributed by atoms with Crippen LogP contribution in [-0.2, 0) is 16.1 Å². The molecule has 1 aliphatic rings. The zero-order valence-corrected chi connectivity index (χ0v) is 11.5. The maximum atomic E-state index is 11.5. The fourth-order valence-electron chi connectivity index (χ4n) is 2.13. The number of morpholine rings is 1. The molecule has 6 heteroatoms. The van der Waals surface area contributed by atoms with Crippen molar-refractivity contribution in [2.75, 3.05) is 24.7 Å². The second kappa shape index (κ2) is 5.69. The van der Waals surface area contributed by atoms with E-state index in [1.807, 2.05) is 23.1 Å². The van der Waals surface area contributed by atoms with Crippen LogP contribution in [0.15, 0.2) is 22.7 Å². The summed E-state index contributed by atoms with van der Waals surface area (Å²) in [5.41, 5.74) is 13.1. The number of nitrogens with two attached hydrogens (primary N) is 2. The largest absolute Gasteiger partial charge is 0.377 e. The lowest BCUT2D eigenvalue weighted by Gasteiger charge is -2.36. The third kappa shape index (κ3) is 2.66. The minimum atomic E-state index is -0.426. The molecule has 1 saturated heterocycles. The fraction of sp³-hybridized carbons (Fsp3) is 0.417. The average molecular weight is 314 g/mol. The average Bonchev–Trinajstić information content (AvgIpc) is 2.38. The topological polar surface area (TPSA) is 81.6 Å². The molecule has 2 rings (SSSR count). The van der Waals surface area contributed by atoms with Crippen LogP contribution in [0.4, 0.5) is 5.69 Å². The fourth-order valence-corrected chi connectivity index (χ4v) is 2.53. The van der Waals surface area contributed by atoms with Gasteiger partial charge in [0, 0.05) is 23.2 Å². The minimum absolute atomic E-state index is 0.329. The highest BCUT2D eigenvalue weighted by Crippen LogP contribution is 2.27. The van der Waals surface area contributed by atoms with Crippen molar-refractivity contribution in [1.82, 2.24) is 0 Å². The van der Waals surface area contributed by atoms with E-state index < -0.39 is 6.04 Å². The van der Waals surface area contributed by atoms with Gasteiger partial charge >= 0.3 is 0 Å². The van der Waals surface area contributed by atoms with Crippen LogP contribution in [0.25, 0.3) is 0 Å². The van der Waals surface area contributed by atoms with E-state index in [0.717, 1.165) is 15.7 Å². The summed E-state index contributed by atoms with van der Waals surface area (Å²) >= 11 is 3.41. The van der Waals surface area contributed by atoms with Gasteiger partial charge in [0.2, 0.25) is 5.91 Å². The Morgan fingerprint density at radius 2 is 2.33 bits per heavy atom. The molecule has 18 heavy (non-hydrogen) atoms. The molecule has 0 spiro atoms. The van der Waals surface area contributed by atoms with Crippen molar-refractivity contribution in [1.29, 1.82) is 0 Å². The summed E-state index contributed by atoms with van der Waals surface area (Å²) in [7, 11) is 0. The third-order valence-corrected chi connectivity index (χ3v) is 3.52. The van der Waals surface area contributed by atoms with Crippen LogP contribution in [0.3, 0.4) is 0 Å². The van der Waals surface area contributed by atoms with E-state index in [2.05, 4.69) is 15.9 Å². The lowest BCUT2D eigenvalue weighted by Crippen LogP contribution is -2.53. The first-order valence-corrected chi connectivity index (χ1v) is 6.55. The summed E-state index contributed by atoms with van der Waals surface area (Å²) in [4.78, 5) is 13.4. The van der Waals surface area contributed by atoms with Gasteiger partial charge in [-0.3, -0.25) is 4.79 Å². The summed E-state index contributed by atoms with van der Waals surface area (Å²) < 4.78 is 6.28. The normalized spacial score (nSPS) is 19.9. The Hall–Kier alpha value is -1.11. The molecule has 5 nitrogen and oxygen atoms in total. The van der Waals surface area contributed by atoms with Gasteiger partial charge < -0.3 is 21.1 Å². The van der Waals surface area contributed by atoms with E-state index in [1.165, 1.54) is 0 Å². The van der Waals surface area contributed by atoms with Gasteiger partial charge in [-0.05, 0) is 23.8 Å². The predicted octanol–water partition coefficient (Wildman–Crippen LogP) is 0.598. The number of halogens is 1. The number of benzene rings is 1. The molecule has 1 fully saturated rings. The maximum Gasteiger partial charge on any atom is 0.242 e. The lowest BCUT2D eigenvalue weighted by molar-refractivity contribution is -0.121. The van der Waals surface area contributed by atoms with Crippen LogP contribution in [0.1, 0.15) is 5.56 Å². The van der Waals surface area contributed by atoms with Gasteiger partial charge in [0.15, 0.2) is 0 Å². The molecular weight excluding hydrogens is 298 g/mol. The molecule has 1 aromatic carbocycles. The SMILES string of the molecule is NCc1cc(Br)ccc1N1CCOCC1C(N)=O. The van der Waals surface area contributed by atoms with Gasteiger partial charge in [-0.1, -0.05) is 15.9 Å². The first kappa shape index (κ1) is 13.3. The standard InChI is InChI=1S/C12H16BrN3O2/c13-9-1-2-10(8(5-9)6-14)16-3-4-18-7-11(16)12(15)17/h1-2,5,11H,3-4,6-7,14H2,(H2,15,17). The van der Waals surface area contributed by atoms with Crippen molar-refractivity contribution >= 4 is 27.5 Å². The molecular formula is C12H16BrN3O2. The zero-order chi connectivity index (χ0) is 13.1. The van der Waals surface area contributed by atoms with Gasteiger partial charge in [0.1, 0.15) is 6.04 Å². The summed E-state index contributed by atoms with van der Waals surface area (Å²) in [6.45, 7) is 1.97. The van der Waals surface area contributed by atoms with Gasteiger partial charge in [0.05, 0.1) is 13.2 Å². The molecule has 0 aliphatic carbocycles. The predicted molar refractivity (Wildman–Crippen MR) is 73.2 cm³/mol. The number of primary amides is 1. The molecule has 4 N–H and O–H groups in total. The first-order valence-electron chi connectivity index (χ1n) is 5.75. The van der Waals surface area contributed by atoms with Crippen LogP contribution >= 0.6 is 15.9 Å². The van der Waals surface area contributed by atoms with Gasteiger partial charge in [0.25, 0.3) is 0 Å². The second-order valence-electron chi connectivity index (χ2n) is 4.16. The molecule has 1 aliphatic heterocycles. The Balaban J connectivity index is 2.36. The van der Waals surface area contributed by atoms with Crippen LogP contribution < -0.4 is 16.4 Å².